The van der Waals surface area contributed by atoms with Gasteiger partial charge in [-0.1, -0.05) is 0 Å². The van der Waals surface area contributed by atoms with Gasteiger partial charge in [-0.2, -0.15) is 0 Å². The van der Waals surface area contributed by atoms with Crippen LogP contribution in [0.15, 0.2) is 12.1 Å². The summed E-state index contributed by atoms with van der Waals surface area (Å²) in [5, 5.41) is 8.83. The summed E-state index contributed by atoms with van der Waals surface area (Å²) in [6, 6.07) is 3.30. The normalized spacial score (nSPS) is 13.0. The monoisotopic (exact) mass is 292 g/mol. The first kappa shape index (κ1) is 8.61. The molecule has 0 aliphatic carbocycles. The summed E-state index contributed by atoms with van der Waals surface area (Å²) < 4.78 is 10.9. The summed E-state index contributed by atoms with van der Waals surface area (Å²) in [6.07, 6.45) is 0. The number of carbonyl (C=O) groups is 1. The number of hydrogen-bond donors (Lipinski definition) is 1. The standard InChI is InChI=1S/C8H5IO4/c9-4-1-5(8(10)11)7-6(2-4)12-3-13-7/h1-2H,3H2,(H,10,11). The second-order valence-corrected chi connectivity index (χ2v) is 3.74. The van der Waals surface area contributed by atoms with Gasteiger partial charge in [0.05, 0.1) is 0 Å². The fraction of sp³-hybridized carbons (Fsp3) is 0.125. The molecule has 1 aliphatic rings. The zero-order valence-electron chi connectivity index (χ0n) is 6.41. The Kier molecular flexibility index (Phi) is 2.03. The quantitative estimate of drug-likeness (QED) is 0.801. The summed E-state index contributed by atoms with van der Waals surface area (Å²) in [4.78, 5) is 10.8. The van der Waals surface area contributed by atoms with Crippen molar-refractivity contribution in [1.82, 2.24) is 0 Å². The Morgan fingerprint density at radius 3 is 2.92 bits per heavy atom. The largest absolute Gasteiger partial charge is 0.478 e. The van der Waals surface area contributed by atoms with Gasteiger partial charge < -0.3 is 14.6 Å². The lowest BCUT2D eigenvalue weighted by Gasteiger charge is -2.01. The van der Waals surface area contributed by atoms with Gasteiger partial charge >= 0.3 is 5.97 Å². The van der Waals surface area contributed by atoms with Crippen LogP contribution in [0.5, 0.6) is 11.5 Å². The highest BCUT2D eigenvalue weighted by Crippen LogP contribution is 2.37. The van der Waals surface area contributed by atoms with Crippen LogP contribution in [0.25, 0.3) is 0 Å². The fourth-order valence-corrected chi connectivity index (χ4v) is 1.73. The number of aromatic carboxylic acids is 1. The molecule has 0 bridgehead atoms. The molecule has 4 nitrogen and oxygen atoms in total. The summed E-state index contributed by atoms with van der Waals surface area (Å²) in [5.41, 5.74) is 0.152. The minimum Gasteiger partial charge on any atom is -0.478 e. The van der Waals surface area contributed by atoms with Crippen molar-refractivity contribution in [3.63, 3.8) is 0 Å². The van der Waals surface area contributed by atoms with Crippen molar-refractivity contribution >= 4 is 28.6 Å². The molecule has 0 fully saturated rings. The maximum absolute atomic E-state index is 10.8. The van der Waals surface area contributed by atoms with Crippen LogP contribution in [0.2, 0.25) is 0 Å². The Bertz CT molecular complexity index is 375. The summed E-state index contributed by atoms with van der Waals surface area (Å²) in [5.74, 6) is -0.169. The van der Waals surface area contributed by atoms with Crippen molar-refractivity contribution in [3.8, 4) is 11.5 Å². The molecule has 0 spiro atoms. The van der Waals surface area contributed by atoms with Crippen molar-refractivity contribution in [1.29, 1.82) is 0 Å². The second-order valence-electron chi connectivity index (χ2n) is 2.49. The molecule has 1 aromatic carbocycles. The number of carboxylic acids is 1. The Morgan fingerprint density at radius 2 is 2.23 bits per heavy atom. The molecule has 0 aromatic heterocycles. The number of hydrogen-bond acceptors (Lipinski definition) is 3. The topological polar surface area (TPSA) is 55.8 Å². The molecule has 0 saturated heterocycles. The average Bonchev–Trinajstić information content (AvgIpc) is 2.49. The van der Waals surface area contributed by atoms with E-state index in [4.69, 9.17) is 14.6 Å². The van der Waals surface area contributed by atoms with Gasteiger partial charge in [0.2, 0.25) is 6.79 Å². The predicted molar refractivity (Wildman–Crippen MR) is 52.2 cm³/mol. The molecular weight excluding hydrogens is 287 g/mol. The summed E-state index contributed by atoms with van der Waals surface area (Å²) in [6.45, 7) is 0.0930. The first-order valence-electron chi connectivity index (χ1n) is 3.51. The lowest BCUT2D eigenvalue weighted by atomic mass is 10.2. The minimum absolute atomic E-state index is 0.0930. The van der Waals surface area contributed by atoms with Crippen LogP contribution in [0.4, 0.5) is 0 Å². The number of fused-ring (bicyclic) bond motifs is 1. The van der Waals surface area contributed by atoms with Crippen LogP contribution >= 0.6 is 22.6 Å². The van der Waals surface area contributed by atoms with Crippen molar-refractivity contribution in [2.45, 2.75) is 0 Å². The van der Waals surface area contributed by atoms with Crippen LogP contribution < -0.4 is 9.47 Å². The highest BCUT2D eigenvalue weighted by Gasteiger charge is 2.22. The van der Waals surface area contributed by atoms with Gasteiger partial charge in [0.15, 0.2) is 11.5 Å². The SMILES string of the molecule is O=C(O)c1cc(I)cc2c1OCO2. The van der Waals surface area contributed by atoms with Gasteiger partial charge in [-0.15, -0.1) is 0 Å². The molecule has 1 aliphatic heterocycles. The molecule has 13 heavy (non-hydrogen) atoms. The van der Waals surface area contributed by atoms with Crippen LogP contribution in [-0.2, 0) is 0 Å². The molecule has 0 amide bonds. The molecule has 5 heteroatoms. The third-order valence-electron chi connectivity index (χ3n) is 1.67. The van der Waals surface area contributed by atoms with Crippen LogP contribution in [0.1, 0.15) is 10.4 Å². The highest BCUT2D eigenvalue weighted by molar-refractivity contribution is 14.1. The fourth-order valence-electron chi connectivity index (χ4n) is 1.14. The van der Waals surface area contributed by atoms with E-state index in [-0.39, 0.29) is 12.4 Å². The van der Waals surface area contributed by atoms with Crippen LogP contribution in [0, 0.1) is 3.57 Å². The average molecular weight is 292 g/mol. The minimum atomic E-state index is -1.000. The molecule has 0 unspecified atom stereocenters. The van der Waals surface area contributed by atoms with Crippen molar-refractivity contribution < 1.29 is 19.4 Å². The lowest BCUT2D eigenvalue weighted by molar-refractivity contribution is 0.0692. The first-order chi connectivity index (χ1) is 6.18. The van der Waals surface area contributed by atoms with Gasteiger partial charge in [-0.05, 0) is 34.7 Å². The zero-order chi connectivity index (χ0) is 9.42. The van der Waals surface area contributed by atoms with Crippen molar-refractivity contribution in [3.05, 3.63) is 21.3 Å². The van der Waals surface area contributed by atoms with E-state index < -0.39 is 5.97 Å². The maximum atomic E-state index is 10.8. The Labute approximate surface area is 87.6 Å². The highest BCUT2D eigenvalue weighted by atomic mass is 127. The lowest BCUT2D eigenvalue weighted by Crippen LogP contribution is -1.99. The molecule has 1 N–H and O–H groups in total. The second kappa shape index (κ2) is 3.06. The van der Waals surface area contributed by atoms with Gasteiger partial charge in [-0.3, -0.25) is 0 Å². The van der Waals surface area contributed by atoms with Crippen LogP contribution in [0.3, 0.4) is 0 Å². The van der Waals surface area contributed by atoms with E-state index in [1.807, 2.05) is 22.6 Å². The van der Waals surface area contributed by atoms with E-state index in [1.165, 1.54) is 0 Å². The van der Waals surface area contributed by atoms with Gasteiger partial charge in [0, 0.05) is 3.57 Å². The molecule has 1 heterocycles. The third kappa shape index (κ3) is 1.43. The number of benzene rings is 1. The van der Waals surface area contributed by atoms with E-state index in [9.17, 15) is 4.79 Å². The van der Waals surface area contributed by atoms with Gasteiger partial charge in [0.25, 0.3) is 0 Å². The molecule has 0 saturated carbocycles. The van der Waals surface area contributed by atoms with E-state index in [0.717, 1.165) is 3.57 Å². The molecule has 2 rings (SSSR count). The van der Waals surface area contributed by atoms with Gasteiger partial charge in [0.1, 0.15) is 5.56 Å². The number of carboxylic acid groups (broad SMARTS) is 1. The van der Waals surface area contributed by atoms with Crippen molar-refractivity contribution in [2.24, 2.45) is 0 Å². The summed E-state index contributed by atoms with van der Waals surface area (Å²) in [7, 11) is 0. The van der Waals surface area contributed by atoms with E-state index in [1.54, 1.807) is 12.1 Å². The Balaban J connectivity index is 2.62. The molecule has 68 valence electrons. The smallest absolute Gasteiger partial charge is 0.339 e. The summed E-state index contributed by atoms with van der Waals surface area (Å²) >= 11 is 2.03. The molecular formula is C8H5IO4. The number of halogens is 1. The Hall–Kier alpha value is -0.980. The molecule has 1 aromatic rings. The zero-order valence-corrected chi connectivity index (χ0v) is 8.57. The predicted octanol–water partition coefficient (Wildman–Crippen LogP) is 1.72. The number of ether oxygens (including phenoxy) is 2. The molecule has 0 radical (unpaired) electrons. The third-order valence-corrected chi connectivity index (χ3v) is 2.29. The number of rotatable bonds is 1. The van der Waals surface area contributed by atoms with E-state index in [2.05, 4.69) is 0 Å². The molecule has 0 atom stereocenters. The first-order valence-corrected chi connectivity index (χ1v) is 4.59. The van der Waals surface area contributed by atoms with Crippen molar-refractivity contribution in [2.75, 3.05) is 6.79 Å². The van der Waals surface area contributed by atoms with E-state index >= 15 is 0 Å². The Morgan fingerprint density at radius 1 is 1.46 bits per heavy atom. The maximum Gasteiger partial charge on any atom is 0.339 e. The van der Waals surface area contributed by atoms with E-state index in [0.29, 0.717) is 11.5 Å². The van der Waals surface area contributed by atoms with Gasteiger partial charge in [-0.25, -0.2) is 4.79 Å². The van der Waals surface area contributed by atoms with Crippen LogP contribution in [-0.4, -0.2) is 17.9 Å².